The van der Waals surface area contributed by atoms with Crippen LogP contribution in [0.5, 0.6) is 0 Å². The Labute approximate surface area is 192 Å². The molecule has 3 aromatic carbocycles. The minimum atomic E-state index is -3.95. The van der Waals surface area contributed by atoms with E-state index in [0.717, 1.165) is 9.87 Å². The first-order valence-corrected chi connectivity index (χ1v) is 11.8. The minimum absolute atomic E-state index is 0.0187. The van der Waals surface area contributed by atoms with Crippen molar-refractivity contribution in [2.75, 3.05) is 6.54 Å². The van der Waals surface area contributed by atoms with Gasteiger partial charge >= 0.3 is 0 Å². The van der Waals surface area contributed by atoms with Crippen molar-refractivity contribution in [1.82, 2.24) is 9.62 Å². The van der Waals surface area contributed by atoms with Crippen molar-refractivity contribution in [3.63, 3.8) is 0 Å². The van der Waals surface area contributed by atoms with Gasteiger partial charge in [0.2, 0.25) is 15.9 Å². The van der Waals surface area contributed by atoms with Gasteiger partial charge in [0.25, 0.3) is 0 Å². The van der Waals surface area contributed by atoms with E-state index in [1.165, 1.54) is 24.3 Å². The molecule has 0 fully saturated rings. The van der Waals surface area contributed by atoms with Crippen LogP contribution in [0.25, 0.3) is 0 Å². The third-order valence-electron chi connectivity index (χ3n) is 4.97. The van der Waals surface area contributed by atoms with Gasteiger partial charge in [-0.05, 0) is 61.4 Å². The fourth-order valence-electron chi connectivity index (χ4n) is 3.21. The van der Waals surface area contributed by atoms with Gasteiger partial charge in [-0.25, -0.2) is 12.8 Å². The zero-order valence-corrected chi connectivity index (χ0v) is 19.3. The number of amides is 1. The molecule has 0 aliphatic rings. The summed E-state index contributed by atoms with van der Waals surface area (Å²) < 4.78 is 41.0. The van der Waals surface area contributed by atoms with Gasteiger partial charge < -0.3 is 5.32 Å². The number of hydrogen-bond donors (Lipinski definition) is 1. The highest BCUT2D eigenvalue weighted by Gasteiger charge is 2.27. The molecule has 8 heteroatoms. The van der Waals surface area contributed by atoms with Gasteiger partial charge in [-0.15, -0.1) is 0 Å². The van der Waals surface area contributed by atoms with Crippen molar-refractivity contribution in [3.8, 4) is 0 Å². The zero-order chi connectivity index (χ0) is 23.3. The SMILES string of the molecule is Cc1ccc(S(=O)(=O)N(CC(=O)NC(C)c2ccc(F)cc2)Cc2cccc(Cl)c2)cc1. The molecular weight excluding hydrogens is 451 g/mol. The minimum Gasteiger partial charge on any atom is -0.348 e. The molecule has 0 aliphatic heterocycles. The van der Waals surface area contributed by atoms with E-state index in [9.17, 15) is 17.6 Å². The molecule has 1 amide bonds. The number of carbonyl (C=O) groups excluding carboxylic acids is 1. The van der Waals surface area contributed by atoms with E-state index < -0.39 is 22.0 Å². The predicted molar refractivity (Wildman–Crippen MR) is 123 cm³/mol. The summed E-state index contributed by atoms with van der Waals surface area (Å²) >= 11 is 6.06. The number of sulfonamides is 1. The first kappa shape index (κ1) is 23.9. The lowest BCUT2D eigenvalue weighted by atomic mass is 10.1. The van der Waals surface area contributed by atoms with E-state index in [1.807, 2.05) is 6.92 Å². The average molecular weight is 475 g/mol. The lowest BCUT2D eigenvalue weighted by Gasteiger charge is -2.23. The maximum Gasteiger partial charge on any atom is 0.243 e. The molecule has 32 heavy (non-hydrogen) atoms. The Morgan fingerprint density at radius 1 is 1.06 bits per heavy atom. The van der Waals surface area contributed by atoms with Gasteiger partial charge in [-0.2, -0.15) is 4.31 Å². The number of halogens is 2. The molecule has 0 heterocycles. The molecular formula is C24H24ClFN2O3S. The van der Waals surface area contributed by atoms with Crippen molar-refractivity contribution in [2.45, 2.75) is 31.3 Å². The quantitative estimate of drug-likeness (QED) is 0.507. The number of nitrogens with zero attached hydrogens (tertiary/aromatic N) is 1. The topological polar surface area (TPSA) is 66.5 Å². The molecule has 1 N–H and O–H groups in total. The number of carbonyl (C=O) groups is 1. The van der Waals surface area contributed by atoms with Crippen LogP contribution in [0.4, 0.5) is 4.39 Å². The van der Waals surface area contributed by atoms with Crippen molar-refractivity contribution in [3.05, 3.63) is 100 Å². The largest absolute Gasteiger partial charge is 0.348 e. The summed E-state index contributed by atoms with van der Waals surface area (Å²) in [5.74, 6) is -0.844. The van der Waals surface area contributed by atoms with Crippen molar-refractivity contribution >= 4 is 27.5 Å². The third kappa shape index (κ3) is 6.16. The standard InChI is InChI=1S/C24H24ClFN2O3S/c1-17-6-12-23(13-7-17)32(30,31)28(15-19-4-3-5-21(25)14-19)16-24(29)27-18(2)20-8-10-22(26)11-9-20/h3-14,18H,15-16H2,1-2H3,(H,27,29). The van der Waals surface area contributed by atoms with Crippen LogP contribution in [0.3, 0.4) is 0 Å². The van der Waals surface area contributed by atoms with Crippen molar-refractivity contribution < 1.29 is 17.6 Å². The van der Waals surface area contributed by atoms with E-state index in [2.05, 4.69) is 5.32 Å². The first-order valence-electron chi connectivity index (χ1n) is 10.0. The lowest BCUT2D eigenvalue weighted by Crippen LogP contribution is -2.41. The van der Waals surface area contributed by atoms with Crippen LogP contribution in [0, 0.1) is 12.7 Å². The summed E-state index contributed by atoms with van der Waals surface area (Å²) in [6.07, 6.45) is 0. The Morgan fingerprint density at radius 3 is 2.34 bits per heavy atom. The van der Waals surface area contributed by atoms with Gasteiger partial charge in [0.1, 0.15) is 5.82 Å². The van der Waals surface area contributed by atoms with Crippen LogP contribution in [0.1, 0.15) is 29.7 Å². The number of rotatable bonds is 8. The van der Waals surface area contributed by atoms with Gasteiger partial charge in [0.05, 0.1) is 17.5 Å². The summed E-state index contributed by atoms with van der Waals surface area (Å²) in [5, 5.41) is 3.26. The summed E-state index contributed by atoms with van der Waals surface area (Å²) in [4.78, 5) is 12.9. The highest BCUT2D eigenvalue weighted by molar-refractivity contribution is 7.89. The molecule has 0 spiro atoms. The van der Waals surface area contributed by atoms with Crippen LogP contribution >= 0.6 is 11.6 Å². The van der Waals surface area contributed by atoms with Gasteiger partial charge in [0, 0.05) is 11.6 Å². The van der Waals surface area contributed by atoms with Gasteiger partial charge in [-0.3, -0.25) is 4.79 Å². The molecule has 5 nitrogen and oxygen atoms in total. The third-order valence-corrected chi connectivity index (χ3v) is 7.02. The highest BCUT2D eigenvalue weighted by atomic mass is 35.5. The maximum absolute atomic E-state index is 13.3. The molecule has 168 valence electrons. The van der Waals surface area contributed by atoms with Crippen LogP contribution < -0.4 is 5.32 Å². The highest BCUT2D eigenvalue weighted by Crippen LogP contribution is 2.21. The Hall–Kier alpha value is -2.74. The first-order chi connectivity index (χ1) is 15.1. The molecule has 0 bridgehead atoms. The maximum atomic E-state index is 13.3. The second-order valence-electron chi connectivity index (χ2n) is 7.56. The van der Waals surface area contributed by atoms with Crippen LogP contribution in [-0.2, 0) is 21.4 Å². The van der Waals surface area contributed by atoms with E-state index in [1.54, 1.807) is 55.5 Å². The van der Waals surface area contributed by atoms with Crippen LogP contribution in [0.2, 0.25) is 5.02 Å². The van der Waals surface area contributed by atoms with E-state index in [4.69, 9.17) is 11.6 Å². The molecule has 0 saturated carbocycles. The molecule has 0 aromatic heterocycles. The number of nitrogens with one attached hydrogen (secondary N) is 1. The van der Waals surface area contributed by atoms with Gasteiger partial charge in [0.15, 0.2) is 0 Å². The Morgan fingerprint density at radius 2 is 1.72 bits per heavy atom. The van der Waals surface area contributed by atoms with Crippen molar-refractivity contribution in [1.29, 1.82) is 0 Å². The normalized spacial score (nSPS) is 12.5. The van der Waals surface area contributed by atoms with Crippen molar-refractivity contribution in [2.24, 2.45) is 0 Å². The number of aryl methyl sites for hydroxylation is 1. The molecule has 0 saturated heterocycles. The zero-order valence-electron chi connectivity index (χ0n) is 17.8. The fraction of sp³-hybridized carbons (Fsp3) is 0.208. The van der Waals surface area contributed by atoms with Crippen LogP contribution in [-0.4, -0.2) is 25.2 Å². The molecule has 3 rings (SSSR count). The molecule has 0 radical (unpaired) electrons. The van der Waals surface area contributed by atoms with Gasteiger partial charge in [-0.1, -0.05) is 53.6 Å². The Balaban J connectivity index is 1.83. The molecule has 3 aromatic rings. The van der Waals surface area contributed by atoms with Crippen LogP contribution in [0.15, 0.2) is 77.7 Å². The number of hydrogen-bond acceptors (Lipinski definition) is 3. The predicted octanol–water partition coefficient (Wildman–Crippen LogP) is 4.86. The van der Waals surface area contributed by atoms with E-state index in [0.29, 0.717) is 16.1 Å². The Kier molecular flexibility index (Phi) is 7.66. The summed E-state index contributed by atoms with van der Waals surface area (Å²) in [5.41, 5.74) is 2.30. The summed E-state index contributed by atoms with van der Waals surface area (Å²) in [7, 11) is -3.95. The summed E-state index contributed by atoms with van der Waals surface area (Å²) in [6.45, 7) is 3.22. The fourth-order valence-corrected chi connectivity index (χ4v) is 4.80. The molecule has 1 atom stereocenters. The van der Waals surface area contributed by atoms with E-state index >= 15 is 0 Å². The average Bonchev–Trinajstić information content (AvgIpc) is 2.74. The Bertz CT molecular complexity index is 1180. The second kappa shape index (κ2) is 10.3. The smallest absolute Gasteiger partial charge is 0.243 e. The van der Waals surface area contributed by atoms with E-state index in [-0.39, 0.29) is 23.8 Å². The second-order valence-corrected chi connectivity index (χ2v) is 9.93. The monoisotopic (exact) mass is 474 g/mol. The molecule has 0 aliphatic carbocycles. The summed E-state index contributed by atoms with van der Waals surface area (Å²) in [6, 6.07) is 18.7. The molecule has 1 unspecified atom stereocenters. The lowest BCUT2D eigenvalue weighted by molar-refractivity contribution is -0.122. The number of benzene rings is 3.